The second-order valence-electron chi connectivity index (χ2n) is 5.61. The lowest BCUT2D eigenvalue weighted by molar-refractivity contribution is -0.151. The number of aromatic nitrogens is 2. The molecule has 0 radical (unpaired) electrons. The van der Waals surface area contributed by atoms with Gasteiger partial charge in [0.1, 0.15) is 6.54 Å². The first-order chi connectivity index (χ1) is 11.8. The number of piperazine rings is 1. The van der Waals surface area contributed by atoms with Gasteiger partial charge in [-0.05, 0) is 6.07 Å². The number of esters is 1. The summed E-state index contributed by atoms with van der Waals surface area (Å²) in [6.45, 7) is 0.585. The average molecular weight is 371 g/mol. The van der Waals surface area contributed by atoms with Gasteiger partial charge in [0.15, 0.2) is 6.61 Å². The van der Waals surface area contributed by atoms with Crippen molar-refractivity contribution in [1.82, 2.24) is 19.2 Å². The first kappa shape index (κ1) is 19.1. The van der Waals surface area contributed by atoms with Gasteiger partial charge in [0, 0.05) is 45.6 Å². The highest BCUT2D eigenvalue weighted by atomic mass is 32.2. The average Bonchev–Trinajstić information content (AvgIpc) is 2.59. The van der Waals surface area contributed by atoms with E-state index >= 15 is 0 Å². The predicted molar refractivity (Wildman–Crippen MR) is 89.3 cm³/mol. The van der Waals surface area contributed by atoms with Crippen LogP contribution in [-0.4, -0.2) is 92.1 Å². The molecule has 1 fully saturated rings. The third-order valence-electron chi connectivity index (χ3n) is 3.68. The molecule has 25 heavy (non-hydrogen) atoms. The summed E-state index contributed by atoms with van der Waals surface area (Å²) < 4.78 is 29.2. The normalized spacial score (nSPS) is 15.7. The molecule has 1 aliphatic rings. The Kier molecular flexibility index (Phi) is 6.26. The smallest absolute Gasteiger partial charge is 0.326 e. The lowest BCUT2D eigenvalue weighted by Crippen LogP contribution is -2.51. The van der Waals surface area contributed by atoms with Gasteiger partial charge in [-0.2, -0.15) is 4.31 Å². The molecule has 0 saturated carbocycles. The number of likely N-dealkylation sites (N-methyl/N-ethyl adjacent to an activating group) is 1. The number of nitrogens with zero attached hydrogens (tertiary/aromatic N) is 5. The van der Waals surface area contributed by atoms with Gasteiger partial charge >= 0.3 is 5.97 Å². The summed E-state index contributed by atoms with van der Waals surface area (Å²) in [5, 5.41) is 0. The van der Waals surface area contributed by atoms with E-state index in [1.54, 1.807) is 25.5 Å². The van der Waals surface area contributed by atoms with E-state index in [0.29, 0.717) is 5.95 Å². The molecule has 138 valence electrons. The zero-order chi connectivity index (χ0) is 18.4. The van der Waals surface area contributed by atoms with Crippen LogP contribution in [-0.2, 0) is 24.3 Å². The van der Waals surface area contributed by atoms with E-state index in [2.05, 4.69) is 9.97 Å². The Hall–Kier alpha value is -2.27. The molecule has 1 aromatic heterocycles. The molecule has 0 aliphatic carbocycles. The van der Waals surface area contributed by atoms with Gasteiger partial charge in [-0.3, -0.25) is 9.59 Å². The van der Waals surface area contributed by atoms with Crippen LogP contribution in [0.4, 0.5) is 5.95 Å². The molecule has 0 N–H and O–H groups in total. The molecule has 0 bridgehead atoms. The Labute approximate surface area is 146 Å². The van der Waals surface area contributed by atoms with E-state index in [4.69, 9.17) is 4.74 Å². The van der Waals surface area contributed by atoms with Crippen LogP contribution < -0.4 is 4.90 Å². The fourth-order valence-electron chi connectivity index (χ4n) is 2.30. The fraction of sp³-hybridized carbons (Fsp3) is 0.571. The highest BCUT2D eigenvalue weighted by Gasteiger charge is 2.26. The summed E-state index contributed by atoms with van der Waals surface area (Å²) in [6, 6.07) is 1.66. The molecule has 1 aromatic rings. The molecule has 0 unspecified atom stereocenters. The van der Waals surface area contributed by atoms with Crippen molar-refractivity contribution in [3.8, 4) is 0 Å². The molecule has 2 rings (SSSR count). The number of ether oxygens (including phenoxy) is 1. The molecule has 10 nitrogen and oxygen atoms in total. The number of hydrogen-bond donors (Lipinski definition) is 0. The Morgan fingerprint density at radius 3 is 2.36 bits per heavy atom. The van der Waals surface area contributed by atoms with Gasteiger partial charge in [0.2, 0.25) is 16.0 Å². The summed E-state index contributed by atoms with van der Waals surface area (Å²) in [5.74, 6) is -0.541. The summed E-state index contributed by atoms with van der Waals surface area (Å²) in [6.07, 6.45) is 4.26. The van der Waals surface area contributed by atoms with E-state index in [1.807, 2.05) is 0 Å². The van der Waals surface area contributed by atoms with Crippen LogP contribution in [0.3, 0.4) is 0 Å². The molecule has 1 aliphatic heterocycles. The SMILES string of the molecule is CN(CC(=O)OCC(=O)N1CCN(S(C)(=O)=O)CC1)c1ncccn1. The van der Waals surface area contributed by atoms with Gasteiger partial charge in [-0.15, -0.1) is 0 Å². The van der Waals surface area contributed by atoms with E-state index in [9.17, 15) is 18.0 Å². The van der Waals surface area contributed by atoms with Gasteiger partial charge in [0.05, 0.1) is 6.26 Å². The molecule has 1 saturated heterocycles. The molecule has 0 spiro atoms. The minimum Gasteiger partial charge on any atom is -0.454 e. The lowest BCUT2D eigenvalue weighted by Gasteiger charge is -2.33. The standard InChI is InChI=1S/C14H21N5O5S/c1-17(14-15-4-3-5-16-14)10-13(21)24-11-12(20)18-6-8-19(9-7-18)25(2,22)23/h3-5H,6-11H2,1-2H3. The van der Waals surface area contributed by atoms with Crippen LogP contribution >= 0.6 is 0 Å². The maximum Gasteiger partial charge on any atom is 0.326 e. The zero-order valence-electron chi connectivity index (χ0n) is 14.2. The molecular formula is C14H21N5O5S. The van der Waals surface area contributed by atoms with Crippen molar-refractivity contribution in [2.75, 3.05) is 57.5 Å². The third-order valence-corrected chi connectivity index (χ3v) is 4.98. The second-order valence-corrected chi connectivity index (χ2v) is 7.59. The first-order valence-electron chi connectivity index (χ1n) is 7.64. The number of carbonyl (C=O) groups excluding carboxylic acids is 2. The fourth-order valence-corrected chi connectivity index (χ4v) is 3.13. The van der Waals surface area contributed by atoms with Crippen LogP contribution in [0.5, 0.6) is 0 Å². The molecule has 2 heterocycles. The predicted octanol–water partition coefficient (Wildman–Crippen LogP) is -1.44. The number of hydrogen-bond acceptors (Lipinski definition) is 8. The Balaban J connectivity index is 1.74. The van der Waals surface area contributed by atoms with E-state index in [0.717, 1.165) is 6.26 Å². The lowest BCUT2D eigenvalue weighted by atomic mass is 10.3. The largest absolute Gasteiger partial charge is 0.454 e. The van der Waals surface area contributed by atoms with Crippen molar-refractivity contribution in [3.63, 3.8) is 0 Å². The van der Waals surface area contributed by atoms with Crippen molar-refractivity contribution in [1.29, 1.82) is 0 Å². The van der Waals surface area contributed by atoms with Crippen LogP contribution in [0, 0.1) is 0 Å². The summed E-state index contributed by atoms with van der Waals surface area (Å²) >= 11 is 0. The summed E-state index contributed by atoms with van der Waals surface area (Å²) in [7, 11) is -1.61. The molecular weight excluding hydrogens is 350 g/mol. The van der Waals surface area contributed by atoms with E-state index in [1.165, 1.54) is 14.1 Å². The van der Waals surface area contributed by atoms with E-state index < -0.39 is 16.0 Å². The van der Waals surface area contributed by atoms with E-state index in [-0.39, 0.29) is 45.2 Å². The number of amides is 1. The topological polar surface area (TPSA) is 113 Å². The first-order valence-corrected chi connectivity index (χ1v) is 9.49. The van der Waals surface area contributed by atoms with Gasteiger partial charge in [-0.1, -0.05) is 0 Å². The molecule has 11 heteroatoms. The van der Waals surface area contributed by atoms with Gasteiger partial charge in [-0.25, -0.2) is 18.4 Å². The number of carbonyl (C=O) groups is 2. The number of rotatable bonds is 6. The molecule has 1 amide bonds. The van der Waals surface area contributed by atoms with Crippen molar-refractivity contribution in [2.45, 2.75) is 0 Å². The minimum atomic E-state index is -3.25. The zero-order valence-corrected chi connectivity index (χ0v) is 15.0. The second kappa shape index (κ2) is 8.21. The number of anilines is 1. The van der Waals surface area contributed by atoms with Gasteiger partial charge in [0.25, 0.3) is 5.91 Å². The minimum absolute atomic E-state index is 0.0842. The Morgan fingerprint density at radius 2 is 1.80 bits per heavy atom. The highest BCUT2D eigenvalue weighted by Crippen LogP contribution is 2.07. The number of sulfonamides is 1. The van der Waals surface area contributed by atoms with Crippen LogP contribution in [0.2, 0.25) is 0 Å². The summed E-state index contributed by atoms with van der Waals surface area (Å²) in [5.41, 5.74) is 0. The maximum atomic E-state index is 12.1. The summed E-state index contributed by atoms with van der Waals surface area (Å²) in [4.78, 5) is 34.9. The van der Waals surface area contributed by atoms with Crippen LogP contribution in [0.15, 0.2) is 18.5 Å². The quantitative estimate of drug-likeness (QED) is 0.559. The highest BCUT2D eigenvalue weighted by molar-refractivity contribution is 7.88. The van der Waals surface area contributed by atoms with Gasteiger partial charge < -0.3 is 14.5 Å². The van der Waals surface area contributed by atoms with Crippen molar-refractivity contribution >= 4 is 27.8 Å². The monoisotopic (exact) mass is 371 g/mol. The molecule has 0 atom stereocenters. The van der Waals surface area contributed by atoms with Crippen LogP contribution in [0.25, 0.3) is 0 Å². The van der Waals surface area contributed by atoms with Crippen molar-refractivity contribution in [2.24, 2.45) is 0 Å². The Morgan fingerprint density at radius 1 is 1.20 bits per heavy atom. The van der Waals surface area contributed by atoms with Crippen molar-refractivity contribution in [3.05, 3.63) is 18.5 Å². The maximum absolute atomic E-state index is 12.1. The molecule has 0 aromatic carbocycles. The Bertz CT molecular complexity index is 704. The van der Waals surface area contributed by atoms with Crippen LogP contribution in [0.1, 0.15) is 0 Å². The third kappa shape index (κ3) is 5.64. The van der Waals surface area contributed by atoms with Crippen molar-refractivity contribution < 1.29 is 22.7 Å².